The largest absolute Gasteiger partial charge is 0.253 e. The SMILES string of the molecule is C=C/C=C/c1ccccc1/N=C(C)/C=C\C. The molecule has 1 rings (SSSR count). The fraction of sp³-hybridized carbons (Fsp3) is 0.133. The van der Waals surface area contributed by atoms with Gasteiger partial charge in [-0.1, -0.05) is 49.1 Å². The lowest BCUT2D eigenvalue weighted by molar-refractivity contribution is 1.48. The first-order chi connectivity index (χ1) is 7.77. The second-order valence-electron chi connectivity index (χ2n) is 3.41. The van der Waals surface area contributed by atoms with Crippen molar-refractivity contribution in [2.75, 3.05) is 0 Å². The van der Waals surface area contributed by atoms with Crippen LogP contribution in [0.4, 0.5) is 5.69 Å². The molecule has 0 radical (unpaired) electrons. The highest BCUT2D eigenvalue weighted by Gasteiger charge is 1.95. The van der Waals surface area contributed by atoms with Crippen LogP contribution in [0.25, 0.3) is 6.08 Å². The van der Waals surface area contributed by atoms with Gasteiger partial charge in [-0.3, -0.25) is 4.99 Å². The van der Waals surface area contributed by atoms with Crippen molar-refractivity contribution in [2.24, 2.45) is 4.99 Å². The van der Waals surface area contributed by atoms with Crippen molar-refractivity contribution in [2.45, 2.75) is 13.8 Å². The first-order valence-electron chi connectivity index (χ1n) is 5.34. The third-order valence-corrected chi connectivity index (χ3v) is 2.05. The second kappa shape index (κ2) is 6.57. The predicted octanol–water partition coefficient (Wildman–Crippen LogP) is 4.55. The van der Waals surface area contributed by atoms with E-state index in [-0.39, 0.29) is 0 Å². The van der Waals surface area contributed by atoms with Crippen LogP contribution in [0.3, 0.4) is 0 Å². The molecule has 0 N–H and O–H groups in total. The smallest absolute Gasteiger partial charge is 0.0705 e. The van der Waals surface area contributed by atoms with Crippen molar-refractivity contribution in [3.8, 4) is 0 Å². The summed E-state index contributed by atoms with van der Waals surface area (Å²) in [6.07, 6.45) is 9.67. The highest BCUT2D eigenvalue weighted by atomic mass is 14.7. The molecule has 0 atom stereocenters. The van der Waals surface area contributed by atoms with E-state index in [1.54, 1.807) is 6.08 Å². The summed E-state index contributed by atoms with van der Waals surface area (Å²) < 4.78 is 0. The van der Waals surface area contributed by atoms with E-state index in [1.807, 2.05) is 62.4 Å². The minimum absolute atomic E-state index is 0.983. The van der Waals surface area contributed by atoms with Gasteiger partial charge in [0.05, 0.1) is 5.69 Å². The van der Waals surface area contributed by atoms with E-state index in [9.17, 15) is 0 Å². The lowest BCUT2D eigenvalue weighted by atomic mass is 10.1. The molecular weight excluding hydrogens is 194 g/mol. The highest BCUT2D eigenvalue weighted by Crippen LogP contribution is 2.20. The van der Waals surface area contributed by atoms with Gasteiger partial charge in [0, 0.05) is 11.3 Å². The van der Waals surface area contributed by atoms with Crippen LogP contribution in [0.1, 0.15) is 19.4 Å². The molecule has 16 heavy (non-hydrogen) atoms. The summed E-state index contributed by atoms with van der Waals surface area (Å²) in [6, 6.07) is 8.05. The van der Waals surface area contributed by atoms with Crippen molar-refractivity contribution in [1.29, 1.82) is 0 Å². The maximum atomic E-state index is 4.55. The van der Waals surface area contributed by atoms with Crippen LogP contribution >= 0.6 is 0 Å². The maximum Gasteiger partial charge on any atom is 0.0705 e. The number of hydrogen-bond acceptors (Lipinski definition) is 1. The highest BCUT2D eigenvalue weighted by molar-refractivity contribution is 5.95. The lowest BCUT2D eigenvalue weighted by Crippen LogP contribution is -1.83. The van der Waals surface area contributed by atoms with Gasteiger partial charge in [-0.2, -0.15) is 0 Å². The average molecular weight is 211 g/mol. The Morgan fingerprint density at radius 2 is 2.06 bits per heavy atom. The van der Waals surface area contributed by atoms with Gasteiger partial charge in [-0.15, -0.1) is 0 Å². The van der Waals surface area contributed by atoms with Crippen LogP contribution in [-0.4, -0.2) is 5.71 Å². The number of benzene rings is 1. The van der Waals surface area contributed by atoms with E-state index in [4.69, 9.17) is 0 Å². The number of allylic oxidation sites excluding steroid dienone is 4. The third kappa shape index (κ3) is 3.70. The number of rotatable bonds is 4. The molecule has 0 spiro atoms. The molecule has 82 valence electrons. The first-order valence-corrected chi connectivity index (χ1v) is 5.34. The summed E-state index contributed by atoms with van der Waals surface area (Å²) >= 11 is 0. The van der Waals surface area contributed by atoms with Gasteiger partial charge in [-0.05, 0) is 26.0 Å². The molecule has 1 nitrogen and oxygen atoms in total. The summed E-state index contributed by atoms with van der Waals surface area (Å²) in [7, 11) is 0. The monoisotopic (exact) mass is 211 g/mol. The van der Waals surface area contributed by atoms with Crippen molar-refractivity contribution in [3.05, 3.63) is 60.7 Å². The van der Waals surface area contributed by atoms with Gasteiger partial charge in [0.1, 0.15) is 0 Å². The molecule has 0 unspecified atom stereocenters. The molecule has 1 aromatic carbocycles. The predicted molar refractivity (Wildman–Crippen MR) is 73.3 cm³/mol. The van der Waals surface area contributed by atoms with Crippen LogP contribution in [0.2, 0.25) is 0 Å². The normalized spacial score (nSPS) is 12.5. The van der Waals surface area contributed by atoms with Crippen LogP contribution in [0, 0.1) is 0 Å². The molecule has 0 fully saturated rings. The molecule has 0 saturated carbocycles. The van der Waals surface area contributed by atoms with Crippen LogP contribution in [-0.2, 0) is 0 Å². The Kier molecular flexibility index (Phi) is 5.00. The van der Waals surface area contributed by atoms with Crippen molar-refractivity contribution >= 4 is 17.5 Å². The van der Waals surface area contributed by atoms with Crippen molar-refractivity contribution in [3.63, 3.8) is 0 Å². The molecule has 0 bridgehead atoms. The Morgan fingerprint density at radius 3 is 2.75 bits per heavy atom. The zero-order chi connectivity index (χ0) is 11.8. The molecule has 0 aliphatic carbocycles. The summed E-state index contributed by atoms with van der Waals surface area (Å²) in [6.45, 7) is 7.64. The average Bonchev–Trinajstić information content (AvgIpc) is 2.28. The van der Waals surface area contributed by atoms with Crippen LogP contribution in [0.15, 0.2) is 60.1 Å². The van der Waals surface area contributed by atoms with Gasteiger partial charge >= 0.3 is 0 Å². The zero-order valence-electron chi connectivity index (χ0n) is 9.85. The maximum absolute atomic E-state index is 4.55. The lowest BCUT2D eigenvalue weighted by Gasteiger charge is -2.00. The van der Waals surface area contributed by atoms with Gasteiger partial charge in [0.25, 0.3) is 0 Å². The Hall–Kier alpha value is -1.89. The Balaban J connectivity index is 3.08. The molecule has 1 aromatic rings. The number of aliphatic imine (C=N–C) groups is 1. The van der Waals surface area contributed by atoms with Crippen molar-refractivity contribution < 1.29 is 0 Å². The fourth-order valence-corrected chi connectivity index (χ4v) is 1.37. The van der Waals surface area contributed by atoms with Gasteiger partial charge in [0.2, 0.25) is 0 Å². The molecule has 0 amide bonds. The van der Waals surface area contributed by atoms with E-state index in [2.05, 4.69) is 11.6 Å². The fourth-order valence-electron chi connectivity index (χ4n) is 1.37. The van der Waals surface area contributed by atoms with Crippen LogP contribution in [0.5, 0.6) is 0 Å². The summed E-state index contributed by atoms with van der Waals surface area (Å²) in [5, 5.41) is 0. The summed E-state index contributed by atoms with van der Waals surface area (Å²) in [5.74, 6) is 0. The van der Waals surface area contributed by atoms with Crippen LogP contribution < -0.4 is 0 Å². The standard InChI is InChI=1S/C15H17N/c1-4-6-10-14-11-7-8-12-15(14)16-13(3)9-5-2/h4-12H,1H2,2-3H3/b9-5-,10-6+,16-13+. The second-order valence-corrected chi connectivity index (χ2v) is 3.41. The topological polar surface area (TPSA) is 12.4 Å². The molecule has 0 heterocycles. The molecule has 1 heteroatoms. The van der Waals surface area contributed by atoms with E-state index in [0.717, 1.165) is 17.0 Å². The van der Waals surface area contributed by atoms with E-state index in [0.29, 0.717) is 0 Å². The van der Waals surface area contributed by atoms with E-state index >= 15 is 0 Å². The Labute approximate surface area is 97.5 Å². The Morgan fingerprint density at radius 1 is 1.31 bits per heavy atom. The van der Waals surface area contributed by atoms with Gasteiger partial charge < -0.3 is 0 Å². The number of nitrogens with zero attached hydrogens (tertiary/aromatic N) is 1. The summed E-state index contributed by atoms with van der Waals surface area (Å²) in [4.78, 5) is 4.55. The van der Waals surface area contributed by atoms with Gasteiger partial charge in [-0.25, -0.2) is 0 Å². The van der Waals surface area contributed by atoms with E-state index < -0.39 is 0 Å². The number of para-hydroxylation sites is 1. The van der Waals surface area contributed by atoms with Crippen molar-refractivity contribution in [1.82, 2.24) is 0 Å². The van der Waals surface area contributed by atoms with Gasteiger partial charge in [0.15, 0.2) is 0 Å². The molecule has 0 saturated heterocycles. The minimum atomic E-state index is 0.983. The zero-order valence-corrected chi connectivity index (χ0v) is 9.85. The molecule has 0 aliphatic rings. The number of hydrogen-bond donors (Lipinski definition) is 0. The molecular formula is C15H17N. The third-order valence-electron chi connectivity index (χ3n) is 2.05. The first kappa shape index (κ1) is 12.2. The molecule has 0 aliphatic heterocycles. The quantitative estimate of drug-likeness (QED) is 0.511. The van der Waals surface area contributed by atoms with E-state index in [1.165, 1.54) is 0 Å². The summed E-state index contributed by atoms with van der Waals surface area (Å²) in [5.41, 5.74) is 3.09. The Bertz CT molecular complexity index is 437. The minimum Gasteiger partial charge on any atom is -0.253 e. The molecule has 0 aromatic heterocycles.